The molecular weight excluding hydrogens is 606 g/mol. The van der Waals surface area contributed by atoms with E-state index < -0.39 is 39.3 Å². The molecule has 1 aliphatic heterocycles. The van der Waals surface area contributed by atoms with Gasteiger partial charge in [0.2, 0.25) is 16.0 Å². The first-order valence-corrected chi connectivity index (χ1v) is 15.3. The molecule has 44 heavy (non-hydrogen) atoms. The van der Waals surface area contributed by atoms with Gasteiger partial charge in [-0.3, -0.25) is 9.10 Å². The van der Waals surface area contributed by atoms with Gasteiger partial charge < -0.3 is 25.6 Å². The average Bonchev–Trinajstić information content (AvgIpc) is 3.35. The zero-order valence-corrected chi connectivity index (χ0v) is 25.5. The fourth-order valence-corrected chi connectivity index (χ4v) is 5.22. The number of aromatic nitrogens is 2. The van der Waals surface area contributed by atoms with Crippen LogP contribution in [0.25, 0.3) is 0 Å². The predicted molar refractivity (Wildman–Crippen MR) is 158 cm³/mol. The predicted octanol–water partition coefficient (Wildman–Crippen LogP) is 4.14. The quantitative estimate of drug-likeness (QED) is 0.281. The van der Waals surface area contributed by atoms with Crippen molar-refractivity contribution in [2.24, 2.45) is 0 Å². The molecule has 2 aromatic carbocycles. The molecule has 1 aliphatic rings. The molecule has 0 bridgehead atoms. The van der Waals surface area contributed by atoms with E-state index in [1.165, 1.54) is 20.2 Å². The maximum atomic E-state index is 15.1. The van der Waals surface area contributed by atoms with Crippen molar-refractivity contribution < 1.29 is 35.5 Å². The van der Waals surface area contributed by atoms with Crippen molar-refractivity contribution in [1.29, 1.82) is 0 Å². The monoisotopic (exact) mass is 639 g/mol. The molecule has 1 fully saturated rings. The molecule has 16 heteroatoms. The number of hydrogen-bond acceptors (Lipinski definition) is 9. The molecule has 0 spiro atoms. The highest BCUT2D eigenvalue weighted by atomic mass is 32.2. The number of amides is 1. The van der Waals surface area contributed by atoms with Crippen LogP contribution in [0.5, 0.6) is 5.75 Å². The van der Waals surface area contributed by atoms with Crippen molar-refractivity contribution in [3.05, 3.63) is 64.6 Å². The molecule has 0 aliphatic carbocycles. The summed E-state index contributed by atoms with van der Waals surface area (Å²) in [5.41, 5.74) is -0.0265. The lowest BCUT2D eigenvalue weighted by atomic mass is 10.1. The summed E-state index contributed by atoms with van der Waals surface area (Å²) in [5, 5.41) is 8.09. The Kier molecular flexibility index (Phi) is 9.53. The van der Waals surface area contributed by atoms with E-state index in [0.717, 1.165) is 35.2 Å². The minimum absolute atomic E-state index is 0.0246. The highest BCUT2D eigenvalue weighted by Crippen LogP contribution is 2.36. The molecule has 1 aromatic heterocycles. The number of hydrogen-bond donors (Lipinski definition) is 3. The highest BCUT2D eigenvalue weighted by molar-refractivity contribution is 7.92. The van der Waals surface area contributed by atoms with Crippen LogP contribution >= 0.6 is 0 Å². The van der Waals surface area contributed by atoms with E-state index in [2.05, 4.69) is 25.9 Å². The number of alkyl halides is 3. The van der Waals surface area contributed by atoms with Gasteiger partial charge in [-0.2, -0.15) is 18.2 Å². The van der Waals surface area contributed by atoms with Crippen LogP contribution in [0, 0.1) is 12.7 Å². The van der Waals surface area contributed by atoms with Gasteiger partial charge in [0.05, 0.1) is 30.3 Å². The summed E-state index contributed by atoms with van der Waals surface area (Å²) in [6.45, 7) is 2.97. The molecule has 1 saturated heterocycles. The zero-order chi connectivity index (χ0) is 32.4. The van der Waals surface area contributed by atoms with Gasteiger partial charge in [0.25, 0.3) is 5.91 Å². The standard InChI is InChI=1S/C28H33F4N7O4S/c1-16-6-7-17(23(10-16)39(3)44(5,41)42)13-33-25-20(28(30,31)32)14-34-27(37-25)36-22-12-21(29)19(11-24(22)43-4)26(40)35-18-8-9-38(2)15-18/h6-7,10-12,14,18H,8-9,13,15H2,1-5H3,(H,35,40)(H2,33,34,36,37)/t18-/m0/s1. The molecule has 0 saturated carbocycles. The number of nitrogens with one attached hydrogen (secondary N) is 3. The topological polar surface area (TPSA) is 129 Å². The number of rotatable bonds is 10. The third-order valence-electron chi connectivity index (χ3n) is 7.12. The number of carbonyl (C=O) groups is 1. The van der Waals surface area contributed by atoms with Gasteiger partial charge in [0.15, 0.2) is 0 Å². The molecular formula is C28H33F4N7O4S. The maximum Gasteiger partial charge on any atom is 0.421 e. The highest BCUT2D eigenvalue weighted by Gasteiger charge is 2.35. The van der Waals surface area contributed by atoms with Crippen LogP contribution in [-0.4, -0.2) is 75.8 Å². The summed E-state index contributed by atoms with van der Waals surface area (Å²) in [7, 11) is 0.892. The average molecular weight is 640 g/mol. The largest absolute Gasteiger partial charge is 0.495 e. The van der Waals surface area contributed by atoms with Crippen molar-refractivity contribution in [2.75, 3.05) is 55.5 Å². The summed E-state index contributed by atoms with van der Waals surface area (Å²) in [6.07, 6.45) is -2.52. The first kappa shape index (κ1) is 32.7. The molecule has 0 radical (unpaired) electrons. The Balaban J connectivity index is 1.61. The van der Waals surface area contributed by atoms with Crippen molar-refractivity contribution in [2.45, 2.75) is 32.1 Å². The number of sulfonamides is 1. The minimum atomic E-state index is -4.83. The number of benzene rings is 2. The number of likely N-dealkylation sites (tertiary alicyclic amines) is 1. The van der Waals surface area contributed by atoms with Crippen molar-refractivity contribution in [1.82, 2.24) is 20.2 Å². The van der Waals surface area contributed by atoms with E-state index in [1.54, 1.807) is 25.1 Å². The van der Waals surface area contributed by atoms with E-state index >= 15 is 4.39 Å². The van der Waals surface area contributed by atoms with E-state index in [4.69, 9.17) is 4.74 Å². The van der Waals surface area contributed by atoms with Crippen molar-refractivity contribution in [3.63, 3.8) is 0 Å². The number of methoxy groups -OCH3 is 1. The number of ether oxygens (including phenoxy) is 1. The van der Waals surface area contributed by atoms with Crippen LogP contribution in [0.4, 0.5) is 40.7 Å². The first-order valence-electron chi connectivity index (χ1n) is 13.4. The molecule has 238 valence electrons. The Morgan fingerprint density at radius 3 is 2.57 bits per heavy atom. The summed E-state index contributed by atoms with van der Waals surface area (Å²) in [6, 6.07) is 6.93. The van der Waals surface area contributed by atoms with Gasteiger partial charge in [0, 0.05) is 38.4 Å². The van der Waals surface area contributed by atoms with Gasteiger partial charge in [-0.1, -0.05) is 12.1 Å². The van der Waals surface area contributed by atoms with E-state index in [9.17, 15) is 26.4 Å². The molecule has 1 amide bonds. The van der Waals surface area contributed by atoms with Crippen LogP contribution < -0.4 is 25.0 Å². The smallest absolute Gasteiger partial charge is 0.421 e. The van der Waals surface area contributed by atoms with Gasteiger partial charge >= 0.3 is 6.18 Å². The molecule has 0 unspecified atom stereocenters. The fourth-order valence-electron chi connectivity index (χ4n) is 4.69. The second kappa shape index (κ2) is 12.8. The van der Waals surface area contributed by atoms with Crippen LogP contribution in [0.15, 0.2) is 36.5 Å². The lowest BCUT2D eigenvalue weighted by molar-refractivity contribution is -0.137. The Morgan fingerprint density at radius 1 is 1.23 bits per heavy atom. The second-order valence-electron chi connectivity index (χ2n) is 10.5. The fraction of sp³-hybridized carbons (Fsp3) is 0.393. The second-order valence-corrected chi connectivity index (χ2v) is 12.6. The third-order valence-corrected chi connectivity index (χ3v) is 8.32. The van der Waals surface area contributed by atoms with Gasteiger partial charge in [-0.15, -0.1) is 0 Å². The number of anilines is 4. The number of likely N-dealkylation sites (N-methyl/N-ethyl adjacent to an activating group) is 1. The Labute approximate surface area is 252 Å². The van der Waals surface area contributed by atoms with E-state index in [1.807, 2.05) is 11.9 Å². The van der Waals surface area contributed by atoms with Gasteiger partial charge in [0.1, 0.15) is 22.9 Å². The lowest BCUT2D eigenvalue weighted by Crippen LogP contribution is -2.36. The molecule has 3 aromatic rings. The number of carbonyl (C=O) groups excluding carboxylic acids is 1. The van der Waals surface area contributed by atoms with E-state index in [-0.39, 0.29) is 41.2 Å². The molecule has 11 nitrogen and oxygen atoms in total. The summed E-state index contributed by atoms with van der Waals surface area (Å²) >= 11 is 0. The Bertz CT molecular complexity index is 1650. The number of halogens is 4. The Morgan fingerprint density at radius 2 is 1.95 bits per heavy atom. The van der Waals surface area contributed by atoms with Gasteiger partial charge in [-0.05, 0) is 50.2 Å². The van der Waals surface area contributed by atoms with Crippen LogP contribution in [-0.2, 0) is 22.7 Å². The number of aryl methyl sites for hydroxylation is 1. The van der Waals surface area contributed by atoms with Crippen molar-refractivity contribution in [3.8, 4) is 5.75 Å². The molecule has 4 rings (SSSR count). The molecule has 1 atom stereocenters. The van der Waals surface area contributed by atoms with Gasteiger partial charge in [-0.25, -0.2) is 17.8 Å². The maximum absolute atomic E-state index is 15.1. The van der Waals surface area contributed by atoms with E-state index in [0.29, 0.717) is 18.3 Å². The molecule has 3 N–H and O–H groups in total. The SMILES string of the molecule is COc1cc(C(=O)N[C@H]2CCN(C)C2)c(F)cc1Nc1ncc(C(F)(F)F)c(NCc2ccc(C)cc2N(C)S(C)(=O)=O)n1. The molecule has 2 heterocycles. The number of nitrogens with zero attached hydrogens (tertiary/aromatic N) is 4. The summed E-state index contributed by atoms with van der Waals surface area (Å²) in [5.74, 6) is -2.39. The van der Waals surface area contributed by atoms with Crippen LogP contribution in [0.1, 0.15) is 33.5 Å². The van der Waals surface area contributed by atoms with Crippen LogP contribution in [0.2, 0.25) is 0 Å². The van der Waals surface area contributed by atoms with Crippen LogP contribution in [0.3, 0.4) is 0 Å². The Hall–Kier alpha value is -4.18. The summed E-state index contributed by atoms with van der Waals surface area (Å²) in [4.78, 5) is 22.5. The zero-order valence-electron chi connectivity index (χ0n) is 24.7. The normalized spacial score (nSPS) is 15.6. The summed E-state index contributed by atoms with van der Waals surface area (Å²) < 4.78 is 87.4. The van der Waals surface area contributed by atoms with Crippen molar-refractivity contribution >= 4 is 39.1 Å². The minimum Gasteiger partial charge on any atom is -0.495 e. The lowest BCUT2D eigenvalue weighted by Gasteiger charge is -2.22. The first-order chi connectivity index (χ1) is 20.6. The third kappa shape index (κ3) is 7.66.